The summed E-state index contributed by atoms with van der Waals surface area (Å²) in [6, 6.07) is 8.78. The van der Waals surface area contributed by atoms with Crippen molar-refractivity contribution >= 4 is 15.9 Å². The van der Waals surface area contributed by atoms with Gasteiger partial charge in [-0.05, 0) is 30.5 Å². The molecule has 1 rings (SSSR count). The maximum Gasteiger partial charge on any atom is 0.0250 e. The van der Waals surface area contributed by atoms with Crippen LogP contribution in [0.1, 0.15) is 25.3 Å². The number of halogens is 1. The molecule has 0 aliphatic rings. The van der Waals surface area contributed by atoms with E-state index >= 15 is 0 Å². The van der Waals surface area contributed by atoms with Gasteiger partial charge in [0.15, 0.2) is 0 Å². The van der Waals surface area contributed by atoms with Crippen LogP contribution in [0.2, 0.25) is 0 Å². The summed E-state index contributed by atoms with van der Waals surface area (Å²) in [5, 5.41) is 0. The highest BCUT2D eigenvalue weighted by atomic mass is 79.9. The molecular formula is C11H17BrN2. The van der Waals surface area contributed by atoms with Crippen LogP contribution >= 0.6 is 15.9 Å². The van der Waals surface area contributed by atoms with Gasteiger partial charge < -0.3 is 0 Å². The number of hydrazine groups is 1. The lowest BCUT2D eigenvalue weighted by Gasteiger charge is -2.14. The number of benzene rings is 1. The van der Waals surface area contributed by atoms with Crippen molar-refractivity contribution < 1.29 is 0 Å². The molecule has 2 nitrogen and oxygen atoms in total. The molecule has 0 aromatic heterocycles. The van der Waals surface area contributed by atoms with E-state index in [0.717, 1.165) is 23.7 Å². The third-order valence-corrected chi connectivity index (χ3v) is 2.80. The fraction of sp³-hybridized carbons (Fsp3) is 0.455. The summed E-state index contributed by atoms with van der Waals surface area (Å²) in [5.41, 5.74) is 4.18. The minimum Gasteiger partial charge on any atom is -0.271 e. The molecule has 0 heterocycles. The second kappa shape index (κ2) is 6.17. The molecule has 3 heteroatoms. The molecule has 1 aromatic carbocycles. The molecule has 0 fully saturated rings. The molecule has 14 heavy (non-hydrogen) atoms. The van der Waals surface area contributed by atoms with Gasteiger partial charge in [-0.25, -0.2) is 0 Å². The summed E-state index contributed by atoms with van der Waals surface area (Å²) < 4.78 is 1.12. The van der Waals surface area contributed by atoms with Gasteiger partial charge >= 0.3 is 0 Å². The Hall–Kier alpha value is -0.380. The van der Waals surface area contributed by atoms with Gasteiger partial charge in [-0.15, -0.1) is 0 Å². The van der Waals surface area contributed by atoms with Crippen LogP contribution in [0.4, 0.5) is 0 Å². The summed E-state index contributed by atoms with van der Waals surface area (Å²) in [5.74, 6) is 5.48. The molecule has 3 N–H and O–H groups in total. The highest BCUT2D eigenvalue weighted by Gasteiger charge is 2.05. The van der Waals surface area contributed by atoms with Gasteiger partial charge in [0.1, 0.15) is 0 Å². The van der Waals surface area contributed by atoms with Crippen LogP contribution in [0.3, 0.4) is 0 Å². The first-order valence-electron chi connectivity index (χ1n) is 4.96. The van der Waals surface area contributed by atoms with E-state index in [1.165, 1.54) is 5.56 Å². The molecule has 0 bridgehead atoms. The predicted octanol–water partition coefficient (Wildman–Crippen LogP) is 2.62. The molecule has 0 radical (unpaired) electrons. The van der Waals surface area contributed by atoms with Gasteiger partial charge in [0.05, 0.1) is 0 Å². The van der Waals surface area contributed by atoms with Crippen LogP contribution in [-0.2, 0) is 6.42 Å². The Kier molecular flexibility index (Phi) is 5.15. The Morgan fingerprint density at radius 1 is 1.36 bits per heavy atom. The Morgan fingerprint density at radius 2 is 2.00 bits per heavy atom. The number of nitrogens with two attached hydrogens (primary N) is 1. The lowest BCUT2D eigenvalue weighted by atomic mass is 10.0. The molecule has 0 saturated carbocycles. The lowest BCUT2D eigenvalue weighted by Crippen LogP contribution is -2.36. The summed E-state index contributed by atoms with van der Waals surface area (Å²) in [6.07, 6.45) is 3.27. The van der Waals surface area contributed by atoms with Gasteiger partial charge in [-0.1, -0.05) is 41.4 Å². The number of hydrogen-bond donors (Lipinski definition) is 2. The molecule has 1 aromatic rings. The van der Waals surface area contributed by atoms with Gasteiger partial charge in [0, 0.05) is 10.5 Å². The minimum absolute atomic E-state index is 0.390. The topological polar surface area (TPSA) is 38.0 Å². The normalized spacial score (nSPS) is 12.8. The van der Waals surface area contributed by atoms with E-state index in [9.17, 15) is 0 Å². The third kappa shape index (κ3) is 3.78. The van der Waals surface area contributed by atoms with E-state index < -0.39 is 0 Å². The van der Waals surface area contributed by atoms with Crippen molar-refractivity contribution in [1.29, 1.82) is 0 Å². The number of hydrogen-bond acceptors (Lipinski definition) is 2. The summed E-state index contributed by atoms with van der Waals surface area (Å²) in [7, 11) is 0. The zero-order valence-electron chi connectivity index (χ0n) is 8.46. The zero-order valence-corrected chi connectivity index (χ0v) is 10.0. The summed E-state index contributed by atoms with van der Waals surface area (Å²) in [4.78, 5) is 0. The maximum atomic E-state index is 5.48. The largest absolute Gasteiger partial charge is 0.271 e. The minimum atomic E-state index is 0.390. The fourth-order valence-electron chi connectivity index (χ4n) is 1.50. The van der Waals surface area contributed by atoms with E-state index in [1.807, 2.05) is 0 Å². The molecular weight excluding hydrogens is 240 g/mol. The van der Waals surface area contributed by atoms with Crippen LogP contribution in [0.25, 0.3) is 0 Å². The quantitative estimate of drug-likeness (QED) is 0.628. The molecule has 0 aliphatic heterocycles. The van der Waals surface area contributed by atoms with Crippen molar-refractivity contribution in [3.8, 4) is 0 Å². The molecule has 0 aliphatic carbocycles. The number of nitrogens with one attached hydrogen (secondary N) is 1. The van der Waals surface area contributed by atoms with Crippen LogP contribution in [0.15, 0.2) is 28.7 Å². The van der Waals surface area contributed by atoms with Gasteiger partial charge in [-0.3, -0.25) is 11.3 Å². The van der Waals surface area contributed by atoms with Crippen molar-refractivity contribution in [2.24, 2.45) is 5.84 Å². The Balaban J connectivity index is 2.53. The third-order valence-electron chi connectivity index (χ3n) is 2.27. The first kappa shape index (κ1) is 11.7. The average molecular weight is 257 g/mol. The standard InChI is InChI=1S/C11H17BrN2/c1-2-3-11(14-13)8-9-4-6-10(12)7-5-9/h4-7,11,14H,2-3,8,13H2,1H3. The smallest absolute Gasteiger partial charge is 0.0250 e. The summed E-state index contributed by atoms with van der Waals surface area (Å²) >= 11 is 3.42. The van der Waals surface area contributed by atoms with Crippen molar-refractivity contribution in [2.75, 3.05) is 0 Å². The highest BCUT2D eigenvalue weighted by molar-refractivity contribution is 9.10. The molecule has 0 spiro atoms. The second-order valence-electron chi connectivity index (χ2n) is 3.48. The van der Waals surface area contributed by atoms with Crippen LogP contribution < -0.4 is 11.3 Å². The first-order valence-corrected chi connectivity index (χ1v) is 5.76. The molecule has 78 valence electrons. The van der Waals surface area contributed by atoms with Crippen molar-refractivity contribution in [3.63, 3.8) is 0 Å². The van der Waals surface area contributed by atoms with Crippen LogP contribution in [0.5, 0.6) is 0 Å². The van der Waals surface area contributed by atoms with E-state index in [4.69, 9.17) is 5.84 Å². The van der Waals surface area contributed by atoms with E-state index in [0.29, 0.717) is 6.04 Å². The lowest BCUT2D eigenvalue weighted by molar-refractivity contribution is 0.486. The molecule has 0 saturated heterocycles. The van der Waals surface area contributed by atoms with Gasteiger partial charge in [0.2, 0.25) is 0 Å². The number of rotatable bonds is 5. The van der Waals surface area contributed by atoms with Crippen LogP contribution in [0, 0.1) is 0 Å². The molecule has 0 amide bonds. The van der Waals surface area contributed by atoms with Gasteiger partial charge in [-0.2, -0.15) is 0 Å². The maximum absolute atomic E-state index is 5.48. The van der Waals surface area contributed by atoms with E-state index in [1.54, 1.807) is 0 Å². The highest BCUT2D eigenvalue weighted by Crippen LogP contribution is 2.12. The predicted molar refractivity (Wildman–Crippen MR) is 63.9 cm³/mol. The zero-order chi connectivity index (χ0) is 10.4. The Bertz CT molecular complexity index is 258. The van der Waals surface area contributed by atoms with Crippen molar-refractivity contribution in [3.05, 3.63) is 34.3 Å². The average Bonchev–Trinajstić information content (AvgIpc) is 2.20. The Morgan fingerprint density at radius 3 is 2.50 bits per heavy atom. The van der Waals surface area contributed by atoms with Crippen molar-refractivity contribution in [2.45, 2.75) is 32.2 Å². The van der Waals surface area contributed by atoms with E-state index in [-0.39, 0.29) is 0 Å². The second-order valence-corrected chi connectivity index (χ2v) is 4.40. The van der Waals surface area contributed by atoms with Gasteiger partial charge in [0.25, 0.3) is 0 Å². The summed E-state index contributed by atoms with van der Waals surface area (Å²) in [6.45, 7) is 2.17. The fourth-order valence-corrected chi connectivity index (χ4v) is 1.76. The first-order chi connectivity index (χ1) is 6.76. The van der Waals surface area contributed by atoms with E-state index in [2.05, 4.69) is 52.5 Å². The van der Waals surface area contributed by atoms with Crippen molar-refractivity contribution in [1.82, 2.24) is 5.43 Å². The SMILES string of the molecule is CCCC(Cc1ccc(Br)cc1)NN. The Labute approximate surface area is 94.0 Å². The molecule has 1 unspecified atom stereocenters. The molecule has 1 atom stereocenters. The van der Waals surface area contributed by atoms with Crippen LogP contribution in [-0.4, -0.2) is 6.04 Å². The monoisotopic (exact) mass is 256 g/mol.